The minimum absolute atomic E-state index is 0.0614. The standard InChI is InChI=1S/C17H26ClN3O/c1-13(2)4-7-17(22)19-15-12-14(18)5-6-16(15)21-10-8-20(3)9-11-21/h5-6,12-13H,4,7-11H2,1-3H3,(H,19,22). The molecule has 0 aromatic heterocycles. The Balaban J connectivity index is 2.09. The van der Waals surface area contributed by atoms with Gasteiger partial charge in [-0.25, -0.2) is 0 Å². The van der Waals surface area contributed by atoms with Crippen LogP contribution in [0.25, 0.3) is 0 Å². The fourth-order valence-electron chi connectivity index (χ4n) is 2.56. The van der Waals surface area contributed by atoms with Crippen molar-refractivity contribution in [1.29, 1.82) is 0 Å². The van der Waals surface area contributed by atoms with Gasteiger partial charge >= 0.3 is 0 Å². The van der Waals surface area contributed by atoms with Crippen molar-refractivity contribution >= 4 is 28.9 Å². The number of benzene rings is 1. The van der Waals surface area contributed by atoms with E-state index in [2.05, 4.69) is 36.0 Å². The number of anilines is 2. The van der Waals surface area contributed by atoms with E-state index in [4.69, 9.17) is 11.6 Å². The highest BCUT2D eigenvalue weighted by atomic mass is 35.5. The normalized spacial score (nSPS) is 16.1. The molecule has 1 saturated heterocycles. The molecule has 4 nitrogen and oxygen atoms in total. The maximum atomic E-state index is 12.1. The molecule has 1 fully saturated rings. The molecule has 0 aliphatic carbocycles. The second kappa shape index (κ2) is 7.84. The second-order valence-corrected chi connectivity index (χ2v) is 6.87. The average molecular weight is 324 g/mol. The van der Waals surface area contributed by atoms with E-state index in [0.717, 1.165) is 44.0 Å². The van der Waals surface area contributed by atoms with E-state index in [1.54, 1.807) is 0 Å². The molecule has 1 N–H and O–H groups in total. The van der Waals surface area contributed by atoms with Crippen molar-refractivity contribution in [3.63, 3.8) is 0 Å². The van der Waals surface area contributed by atoms with E-state index in [1.165, 1.54) is 0 Å². The maximum Gasteiger partial charge on any atom is 0.224 e. The van der Waals surface area contributed by atoms with Crippen LogP contribution in [0.3, 0.4) is 0 Å². The third-order valence-corrected chi connectivity index (χ3v) is 4.26. The van der Waals surface area contributed by atoms with E-state index < -0.39 is 0 Å². The van der Waals surface area contributed by atoms with Crippen molar-refractivity contribution in [3.8, 4) is 0 Å². The van der Waals surface area contributed by atoms with Gasteiger partial charge in [0.25, 0.3) is 0 Å². The van der Waals surface area contributed by atoms with Crippen LogP contribution in [-0.2, 0) is 4.79 Å². The van der Waals surface area contributed by atoms with Gasteiger partial charge in [-0.1, -0.05) is 25.4 Å². The van der Waals surface area contributed by atoms with Gasteiger partial charge < -0.3 is 15.1 Å². The summed E-state index contributed by atoms with van der Waals surface area (Å²) in [5, 5.41) is 3.69. The molecule has 22 heavy (non-hydrogen) atoms. The van der Waals surface area contributed by atoms with Gasteiger partial charge in [-0.3, -0.25) is 4.79 Å². The van der Waals surface area contributed by atoms with Crippen molar-refractivity contribution < 1.29 is 4.79 Å². The summed E-state index contributed by atoms with van der Waals surface area (Å²) in [6, 6.07) is 5.74. The Morgan fingerprint density at radius 3 is 2.59 bits per heavy atom. The number of rotatable bonds is 5. The molecular weight excluding hydrogens is 298 g/mol. The summed E-state index contributed by atoms with van der Waals surface area (Å²) in [6.07, 6.45) is 1.45. The van der Waals surface area contributed by atoms with E-state index in [-0.39, 0.29) is 5.91 Å². The summed E-state index contributed by atoms with van der Waals surface area (Å²) in [5.41, 5.74) is 1.89. The topological polar surface area (TPSA) is 35.6 Å². The van der Waals surface area contributed by atoms with Gasteiger partial charge in [-0.2, -0.15) is 0 Å². The number of nitrogens with zero attached hydrogens (tertiary/aromatic N) is 2. The molecule has 0 atom stereocenters. The molecule has 1 aliphatic rings. The van der Waals surface area contributed by atoms with Gasteiger partial charge in [0.05, 0.1) is 11.4 Å². The molecule has 5 heteroatoms. The molecule has 0 saturated carbocycles. The molecule has 122 valence electrons. The number of hydrogen-bond acceptors (Lipinski definition) is 3. The Hall–Kier alpha value is -1.26. The quantitative estimate of drug-likeness (QED) is 0.901. The van der Waals surface area contributed by atoms with E-state index >= 15 is 0 Å². The second-order valence-electron chi connectivity index (χ2n) is 6.43. The molecular formula is C17H26ClN3O. The van der Waals surface area contributed by atoms with Crippen molar-refractivity contribution in [2.45, 2.75) is 26.7 Å². The monoisotopic (exact) mass is 323 g/mol. The summed E-state index contributed by atoms with van der Waals surface area (Å²) in [7, 11) is 2.13. The van der Waals surface area contributed by atoms with E-state index in [9.17, 15) is 4.79 Å². The molecule has 1 amide bonds. The minimum Gasteiger partial charge on any atom is -0.367 e. The highest BCUT2D eigenvalue weighted by Gasteiger charge is 2.18. The smallest absolute Gasteiger partial charge is 0.224 e. The zero-order valence-corrected chi connectivity index (χ0v) is 14.5. The molecule has 1 heterocycles. The number of piperazine rings is 1. The summed E-state index contributed by atoms with van der Waals surface area (Å²) in [5.74, 6) is 0.591. The summed E-state index contributed by atoms with van der Waals surface area (Å²) < 4.78 is 0. The SMILES string of the molecule is CC(C)CCC(=O)Nc1cc(Cl)ccc1N1CCN(C)CC1. The average Bonchev–Trinajstić information content (AvgIpc) is 2.46. The summed E-state index contributed by atoms with van der Waals surface area (Å²) in [4.78, 5) is 16.8. The van der Waals surface area contributed by atoms with Gasteiger partial charge in [-0.05, 0) is 37.6 Å². The van der Waals surface area contributed by atoms with E-state index in [0.29, 0.717) is 17.4 Å². The number of likely N-dealkylation sites (N-methyl/N-ethyl adjacent to an activating group) is 1. The van der Waals surface area contributed by atoms with Crippen LogP contribution in [0.5, 0.6) is 0 Å². The van der Waals surface area contributed by atoms with Crippen LogP contribution in [0.1, 0.15) is 26.7 Å². The van der Waals surface area contributed by atoms with Gasteiger partial charge in [0, 0.05) is 37.6 Å². The van der Waals surface area contributed by atoms with Gasteiger partial charge in [0.1, 0.15) is 0 Å². The molecule has 1 aromatic carbocycles. The Labute approximate surface area is 138 Å². The number of carbonyl (C=O) groups is 1. The number of amides is 1. The molecule has 1 aliphatic heterocycles. The minimum atomic E-state index is 0.0614. The lowest BCUT2D eigenvalue weighted by Crippen LogP contribution is -2.44. The van der Waals surface area contributed by atoms with Crippen molar-refractivity contribution in [1.82, 2.24) is 4.90 Å². The molecule has 0 unspecified atom stereocenters. The number of nitrogens with one attached hydrogen (secondary N) is 1. The van der Waals surface area contributed by atoms with Gasteiger partial charge in [0.15, 0.2) is 0 Å². The fraction of sp³-hybridized carbons (Fsp3) is 0.588. The molecule has 2 rings (SSSR count). The Morgan fingerprint density at radius 1 is 1.27 bits per heavy atom. The zero-order valence-electron chi connectivity index (χ0n) is 13.7. The summed E-state index contributed by atoms with van der Waals surface area (Å²) >= 11 is 6.11. The van der Waals surface area contributed by atoms with Crippen LogP contribution in [0.2, 0.25) is 5.02 Å². The van der Waals surface area contributed by atoms with Crippen LogP contribution in [0.4, 0.5) is 11.4 Å². The Kier molecular flexibility index (Phi) is 6.09. The fourth-order valence-corrected chi connectivity index (χ4v) is 2.74. The highest BCUT2D eigenvalue weighted by Crippen LogP contribution is 2.30. The molecule has 0 spiro atoms. The highest BCUT2D eigenvalue weighted by molar-refractivity contribution is 6.31. The Bertz CT molecular complexity index is 511. The number of carbonyl (C=O) groups excluding carboxylic acids is 1. The first-order valence-electron chi connectivity index (χ1n) is 7.98. The molecule has 0 bridgehead atoms. The number of halogens is 1. The Morgan fingerprint density at radius 2 is 1.95 bits per heavy atom. The van der Waals surface area contributed by atoms with Crippen LogP contribution >= 0.6 is 11.6 Å². The lowest BCUT2D eigenvalue weighted by molar-refractivity contribution is -0.116. The van der Waals surface area contributed by atoms with Crippen molar-refractivity contribution in [2.75, 3.05) is 43.4 Å². The first-order chi connectivity index (χ1) is 10.5. The van der Waals surface area contributed by atoms with Crippen LogP contribution in [-0.4, -0.2) is 44.0 Å². The molecule has 0 radical (unpaired) electrons. The van der Waals surface area contributed by atoms with Crippen LogP contribution in [0, 0.1) is 5.92 Å². The lowest BCUT2D eigenvalue weighted by Gasteiger charge is -2.35. The largest absolute Gasteiger partial charge is 0.367 e. The lowest BCUT2D eigenvalue weighted by atomic mass is 10.1. The predicted molar refractivity (Wildman–Crippen MR) is 93.9 cm³/mol. The predicted octanol–water partition coefficient (Wildman–Crippen LogP) is 3.47. The van der Waals surface area contributed by atoms with Crippen molar-refractivity contribution in [3.05, 3.63) is 23.2 Å². The number of hydrogen-bond donors (Lipinski definition) is 1. The first-order valence-corrected chi connectivity index (χ1v) is 8.36. The molecule has 1 aromatic rings. The third-order valence-electron chi connectivity index (χ3n) is 4.03. The van der Waals surface area contributed by atoms with Gasteiger partial charge in [0.2, 0.25) is 5.91 Å². The third kappa shape index (κ3) is 4.89. The van der Waals surface area contributed by atoms with E-state index in [1.807, 2.05) is 18.2 Å². The van der Waals surface area contributed by atoms with Crippen molar-refractivity contribution in [2.24, 2.45) is 5.92 Å². The zero-order chi connectivity index (χ0) is 16.1. The first kappa shape index (κ1) is 17.1. The van der Waals surface area contributed by atoms with Gasteiger partial charge in [-0.15, -0.1) is 0 Å². The van der Waals surface area contributed by atoms with Crippen LogP contribution in [0.15, 0.2) is 18.2 Å². The van der Waals surface area contributed by atoms with Crippen LogP contribution < -0.4 is 10.2 Å². The maximum absolute atomic E-state index is 12.1. The summed E-state index contributed by atoms with van der Waals surface area (Å²) in [6.45, 7) is 8.25.